The number of carbonyl (C=O) groups is 2. The molecule has 0 heterocycles. The Balaban J connectivity index is 2.59. The van der Waals surface area contributed by atoms with Crippen LogP contribution in [0.4, 0.5) is 4.39 Å². The molecule has 1 amide bonds. The van der Waals surface area contributed by atoms with E-state index in [1.807, 2.05) is 0 Å². The molecule has 0 saturated carbocycles. The zero-order valence-corrected chi connectivity index (χ0v) is 11.0. The number of methoxy groups -OCH3 is 1. The zero-order valence-electron chi connectivity index (χ0n) is 11.0. The highest BCUT2D eigenvalue weighted by Gasteiger charge is 2.20. The maximum absolute atomic E-state index is 12.4. The summed E-state index contributed by atoms with van der Waals surface area (Å²) in [6.45, 7) is -0.344. The molecule has 0 saturated heterocycles. The van der Waals surface area contributed by atoms with E-state index in [2.05, 4.69) is 5.32 Å². The molecule has 1 unspecified atom stereocenters. The second-order valence-electron chi connectivity index (χ2n) is 3.88. The lowest BCUT2D eigenvalue weighted by molar-refractivity contribution is -0.139. The summed E-state index contributed by atoms with van der Waals surface area (Å²) in [5.74, 6) is -1.52. The summed E-state index contributed by atoms with van der Waals surface area (Å²) in [5, 5.41) is 10.7. The van der Waals surface area contributed by atoms with E-state index >= 15 is 0 Å². The van der Waals surface area contributed by atoms with Crippen molar-refractivity contribution in [3.05, 3.63) is 29.8 Å². The highest BCUT2D eigenvalue weighted by atomic mass is 19.1. The number of ether oxygens (including phenoxy) is 2. The van der Waals surface area contributed by atoms with Crippen molar-refractivity contribution in [2.24, 2.45) is 0 Å². The monoisotopic (exact) mass is 285 g/mol. The molecule has 0 bridgehead atoms. The average Bonchev–Trinajstić information content (AvgIpc) is 2.45. The summed E-state index contributed by atoms with van der Waals surface area (Å²) in [5.41, 5.74) is 0.226. The minimum absolute atomic E-state index is 0.226. The standard InChI is InChI=1S/C13H16FNO5/c1-19-6-7-20-10-4-2-9(3-5-10)12(16)15-11(8-14)13(17)18/h2-5,11H,6-8H2,1H3,(H,15,16)(H,17,18). The van der Waals surface area contributed by atoms with E-state index in [1.54, 1.807) is 19.2 Å². The van der Waals surface area contributed by atoms with Crippen LogP contribution in [0.2, 0.25) is 0 Å². The highest BCUT2D eigenvalue weighted by Crippen LogP contribution is 2.12. The first-order valence-electron chi connectivity index (χ1n) is 5.90. The topological polar surface area (TPSA) is 84.9 Å². The summed E-state index contributed by atoms with van der Waals surface area (Å²) in [4.78, 5) is 22.3. The van der Waals surface area contributed by atoms with Gasteiger partial charge in [-0.05, 0) is 24.3 Å². The molecule has 6 nitrogen and oxygen atoms in total. The van der Waals surface area contributed by atoms with Crippen LogP contribution in [-0.4, -0.2) is 50.0 Å². The molecular weight excluding hydrogens is 269 g/mol. The molecule has 2 N–H and O–H groups in total. The van der Waals surface area contributed by atoms with Crippen LogP contribution in [0, 0.1) is 0 Å². The molecule has 1 rings (SSSR count). The van der Waals surface area contributed by atoms with Crippen LogP contribution in [0.5, 0.6) is 5.75 Å². The molecule has 110 valence electrons. The van der Waals surface area contributed by atoms with Crippen LogP contribution >= 0.6 is 0 Å². The van der Waals surface area contributed by atoms with E-state index in [0.29, 0.717) is 19.0 Å². The number of amides is 1. The number of rotatable bonds is 8. The van der Waals surface area contributed by atoms with Crippen LogP contribution in [-0.2, 0) is 9.53 Å². The molecule has 20 heavy (non-hydrogen) atoms. The summed E-state index contributed by atoms with van der Waals surface area (Å²) >= 11 is 0. The Hall–Kier alpha value is -2.15. The van der Waals surface area contributed by atoms with Crippen molar-refractivity contribution in [2.75, 3.05) is 27.0 Å². The lowest BCUT2D eigenvalue weighted by Crippen LogP contribution is -2.42. The van der Waals surface area contributed by atoms with Crippen molar-refractivity contribution < 1.29 is 28.6 Å². The fraction of sp³-hybridized carbons (Fsp3) is 0.385. The third-order valence-corrected chi connectivity index (χ3v) is 2.43. The fourth-order valence-corrected chi connectivity index (χ4v) is 1.35. The van der Waals surface area contributed by atoms with Crippen molar-refractivity contribution in [1.82, 2.24) is 5.32 Å². The van der Waals surface area contributed by atoms with Gasteiger partial charge in [-0.15, -0.1) is 0 Å². The number of hydrogen-bond donors (Lipinski definition) is 2. The Morgan fingerprint density at radius 2 is 1.95 bits per heavy atom. The Kier molecular flexibility index (Phi) is 6.45. The smallest absolute Gasteiger partial charge is 0.328 e. The molecule has 7 heteroatoms. The third-order valence-electron chi connectivity index (χ3n) is 2.43. The molecule has 1 aromatic rings. The van der Waals surface area contributed by atoms with Gasteiger partial charge in [0.2, 0.25) is 0 Å². The molecular formula is C13H16FNO5. The first-order chi connectivity index (χ1) is 9.58. The van der Waals surface area contributed by atoms with E-state index in [4.69, 9.17) is 14.6 Å². The number of aliphatic carboxylic acids is 1. The largest absolute Gasteiger partial charge is 0.491 e. The van der Waals surface area contributed by atoms with Gasteiger partial charge in [-0.1, -0.05) is 0 Å². The van der Waals surface area contributed by atoms with Crippen molar-refractivity contribution in [3.63, 3.8) is 0 Å². The molecule has 1 atom stereocenters. The number of alkyl halides is 1. The first-order valence-corrected chi connectivity index (χ1v) is 5.90. The van der Waals surface area contributed by atoms with E-state index in [0.717, 1.165) is 0 Å². The van der Waals surface area contributed by atoms with Crippen molar-refractivity contribution in [3.8, 4) is 5.75 Å². The molecule has 0 aliphatic heterocycles. The summed E-state index contributed by atoms with van der Waals surface area (Å²) in [7, 11) is 1.56. The van der Waals surface area contributed by atoms with Gasteiger partial charge in [-0.3, -0.25) is 4.79 Å². The van der Waals surface area contributed by atoms with Gasteiger partial charge in [0.25, 0.3) is 5.91 Å². The predicted octanol–water partition coefficient (Wildman–Crippen LogP) is 0.864. The summed E-state index contributed by atoms with van der Waals surface area (Å²) in [6, 6.07) is 4.52. The lowest BCUT2D eigenvalue weighted by atomic mass is 10.2. The van der Waals surface area contributed by atoms with Crippen LogP contribution in [0.25, 0.3) is 0 Å². The molecule has 0 fully saturated rings. The SMILES string of the molecule is COCCOc1ccc(C(=O)NC(CF)C(=O)O)cc1. The van der Waals surface area contributed by atoms with Crippen molar-refractivity contribution in [1.29, 1.82) is 0 Å². The van der Waals surface area contributed by atoms with Gasteiger partial charge >= 0.3 is 5.97 Å². The number of carboxylic acid groups (broad SMARTS) is 1. The molecule has 0 aromatic heterocycles. The Morgan fingerprint density at radius 1 is 1.30 bits per heavy atom. The Morgan fingerprint density at radius 3 is 2.45 bits per heavy atom. The normalized spacial score (nSPS) is 11.7. The van der Waals surface area contributed by atoms with Crippen LogP contribution < -0.4 is 10.1 Å². The molecule has 0 spiro atoms. The van der Waals surface area contributed by atoms with E-state index in [9.17, 15) is 14.0 Å². The number of carboxylic acids is 1. The van der Waals surface area contributed by atoms with Crippen LogP contribution in [0.3, 0.4) is 0 Å². The molecule has 0 aliphatic rings. The maximum Gasteiger partial charge on any atom is 0.328 e. The highest BCUT2D eigenvalue weighted by molar-refractivity contribution is 5.96. The summed E-state index contributed by atoms with van der Waals surface area (Å²) < 4.78 is 22.5. The van der Waals surface area contributed by atoms with E-state index in [1.165, 1.54) is 12.1 Å². The number of benzene rings is 1. The minimum atomic E-state index is -1.54. The number of hydrogen-bond acceptors (Lipinski definition) is 4. The number of carbonyl (C=O) groups excluding carboxylic acids is 1. The lowest BCUT2D eigenvalue weighted by Gasteiger charge is -2.11. The van der Waals surface area contributed by atoms with Crippen molar-refractivity contribution in [2.45, 2.75) is 6.04 Å². The van der Waals surface area contributed by atoms with Gasteiger partial charge in [-0.2, -0.15) is 0 Å². The molecule has 0 radical (unpaired) electrons. The van der Waals surface area contributed by atoms with E-state index < -0.39 is 24.6 Å². The number of halogens is 1. The third kappa shape index (κ3) is 4.85. The second-order valence-corrected chi connectivity index (χ2v) is 3.88. The second kappa shape index (κ2) is 8.11. The van der Waals surface area contributed by atoms with Crippen LogP contribution in [0.1, 0.15) is 10.4 Å². The van der Waals surface area contributed by atoms with Gasteiger partial charge in [0.1, 0.15) is 19.0 Å². The van der Waals surface area contributed by atoms with Crippen molar-refractivity contribution >= 4 is 11.9 Å². The Labute approximate surface area is 115 Å². The maximum atomic E-state index is 12.4. The van der Waals surface area contributed by atoms with Gasteiger partial charge in [-0.25, -0.2) is 9.18 Å². The quantitative estimate of drug-likeness (QED) is 0.692. The average molecular weight is 285 g/mol. The van der Waals surface area contributed by atoms with Gasteiger partial charge in [0.05, 0.1) is 6.61 Å². The zero-order chi connectivity index (χ0) is 15.0. The number of nitrogens with one attached hydrogen (secondary N) is 1. The minimum Gasteiger partial charge on any atom is -0.491 e. The molecule has 0 aliphatic carbocycles. The fourth-order valence-electron chi connectivity index (χ4n) is 1.35. The summed E-state index contributed by atoms with van der Waals surface area (Å²) in [6.07, 6.45) is 0. The molecule has 1 aromatic carbocycles. The predicted molar refractivity (Wildman–Crippen MR) is 68.7 cm³/mol. The Bertz CT molecular complexity index is 449. The first kappa shape index (κ1) is 15.9. The van der Waals surface area contributed by atoms with E-state index in [-0.39, 0.29) is 5.56 Å². The van der Waals surface area contributed by atoms with Gasteiger partial charge in [0.15, 0.2) is 6.04 Å². The van der Waals surface area contributed by atoms with Gasteiger partial charge < -0.3 is 19.9 Å². The van der Waals surface area contributed by atoms with Gasteiger partial charge in [0, 0.05) is 12.7 Å². The van der Waals surface area contributed by atoms with Crippen LogP contribution in [0.15, 0.2) is 24.3 Å².